The van der Waals surface area contributed by atoms with E-state index < -0.39 is 11.1 Å². The second-order valence-electron chi connectivity index (χ2n) is 4.27. The van der Waals surface area contributed by atoms with Crippen LogP contribution in [0.15, 0.2) is 29.7 Å². The Balaban J connectivity index is 2.02. The van der Waals surface area contributed by atoms with Crippen LogP contribution < -0.4 is 5.32 Å². The minimum absolute atomic E-state index is 0.105. The van der Waals surface area contributed by atoms with Gasteiger partial charge in [0.2, 0.25) is 5.91 Å². The average Bonchev–Trinajstić information content (AvgIpc) is 2.89. The number of nitrogens with one attached hydrogen (secondary N) is 1. The van der Waals surface area contributed by atoms with Gasteiger partial charge in [-0.2, -0.15) is 0 Å². The summed E-state index contributed by atoms with van der Waals surface area (Å²) in [6.45, 7) is 4.40. The third-order valence-electron chi connectivity index (χ3n) is 2.76. The van der Waals surface area contributed by atoms with Gasteiger partial charge in [0.05, 0.1) is 10.9 Å². The monoisotopic (exact) mass is 328 g/mol. The van der Waals surface area contributed by atoms with Gasteiger partial charge in [0, 0.05) is 11.6 Å². The van der Waals surface area contributed by atoms with Gasteiger partial charge in [0.1, 0.15) is 12.1 Å². The number of aromatic nitrogens is 3. The molecule has 0 aliphatic heterocycles. The summed E-state index contributed by atoms with van der Waals surface area (Å²) in [5.74, 6) is -0.878. The number of rotatable bonds is 5. The maximum Gasteiger partial charge on any atom is 0.237 e. The van der Waals surface area contributed by atoms with Crippen LogP contribution in [0.2, 0.25) is 5.02 Å². The molecule has 1 aromatic carbocycles. The van der Waals surface area contributed by atoms with Crippen LogP contribution >= 0.6 is 23.4 Å². The van der Waals surface area contributed by atoms with Crippen molar-refractivity contribution in [2.45, 2.75) is 30.8 Å². The second kappa shape index (κ2) is 6.91. The van der Waals surface area contributed by atoms with E-state index in [4.69, 9.17) is 11.6 Å². The Bertz CT molecular complexity index is 649. The van der Waals surface area contributed by atoms with Crippen LogP contribution in [-0.2, 0) is 11.3 Å². The molecule has 21 heavy (non-hydrogen) atoms. The highest BCUT2D eigenvalue weighted by atomic mass is 35.5. The van der Waals surface area contributed by atoms with Gasteiger partial charge in [-0.15, -0.1) is 10.2 Å². The lowest BCUT2D eigenvalue weighted by atomic mass is 10.3. The number of thioether (sulfide) groups is 1. The molecule has 0 spiro atoms. The third kappa shape index (κ3) is 3.95. The Morgan fingerprint density at radius 1 is 1.57 bits per heavy atom. The number of aryl methyl sites for hydroxylation is 1. The molecule has 1 N–H and O–H groups in total. The summed E-state index contributed by atoms with van der Waals surface area (Å²) in [4.78, 5) is 12.1. The van der Waals surface area contributed by atoms with Crippen molar-refractivity contribution in [3.8, 4) is 0 Å². The molecule has 0 saturated carbocycles. The van der Waals surface area contributed by atoms with Gasteiger partial charge in [-0.1, -0.05) is 23.4 Å². The molecule has 5 nitrogen and oxygen atoms in total. The van der Waals surface area contributed by atoms with E-state index in [9.17, 15) is 9.18 Å². The predicted octanol–water partition coefficient (Wildman–Crippen LogP) is 3.21. The first-order valence-corrected chi connectivity index (χ1v) is 7.57. The van der Waals surface area contributed by atoms with Crippen LogP contribution in [-0.4, -0.2) is 25.9 Å². The Labute approximate surface area is 130 Å². The fourth-order valence-corrected chi connectivity index (χ4v) is 2.64. The van der Waals surface area contributed by atoms with E-state index in [1.807, 2.05) is 11.5 Å². The number of hydrogen-bond acceptors (Lipinski definition) is 4. The van der Waals surface area contributed by atoms with Gasteiger partial charge >= 0.3 is 0 Å². The molecular formula is C13H14ClFN4OS. The largest absolute Gasteiger partial charge is 0.323 e. The van der Waals surface area contributed by atoms with Gasteiger partial charge in [0.25, 0.3) is 0 Å². The fourth-order valence-electron chi connectivity index (χ4n) is 1.59. The van der Waals surface area contributed by atoms with E-state index in [0.717, 1.165) is 12.6 Å². The van der Waals surface area contributed by atoms with Crippen LogP contribution in [0.4, 0.5) is 10.1 Å². The van der Waals surface area contributed by atoms with Crippen LogP contribution in [0.25, 0.3) is 0 Å². The second-order valence-corrected chi connectivity index (χ2v) is 6.02. The number of benzene rings is 1. The van der Waals surface area contributed by atoms with Crippen molar-refractivity contribution >= 4 is 35.0 Å². The third-order valence-corrected chi connectivity index (χ3v) is 4.09. The first-order valence-electron chi connectivity index (χ1n) is 6.31. The van der Waals surface area contributed by atoms with Crippen molar-refractivity contribution in [3.05, 3.63) is 35.4 Å². The zero-order chi connectivity index (χ0) is 15.4. The highest BCUT2D eigenvalue weighted by Gasteiger charge is 2.18. The summed E-state index contributed by atoms with van der Waals surface area (Å²) >= 11 is 6.94. The average molecular weight is 329 g/mol. The zero-order valence-electron chi connectivity index (χ0n) is 11.5. The van der Waals surface area contributed by atoms with Crippen molar-refractivity contribution in [3.63, 3.8) is 0 Å². The molecule has 112 valence electrons. The fraction of sp³-hybridized carbons (Fsp3) is 0.308. The van der Waals surface area contributed by atoms with Crippen molar-refractivity contribution in [1.82, 2.24) is 14.8 Å². The number of halogens is 2. The van der Waals surface area contributed by atoms with Crippen LogP contribution in [0, 0.1) is 5.82 Å². The lowest BCUT2D eigenvalue weighted by molar-refractivity contribution is -0.115. The van der Waals surface area contributed by atoms with Crippen molar-refractivity contribution in [1.29, 1.82) is 0 Å². The van der Waals surface area contributed by atoms with Gasteiger partial charge in [-0.3, -0.25) is 4.79 Å². The predicted molar refractivity (Wildman–Crippen MR) is 81.1 cm³/mol. The summed E-state index contributed by atoms with van der Waals surface area (Å²) in [7, 11) is 0. The summed E-state index contributed by atoms with van der Waals surface area (Å²) in [5.41, 5.74) is 0.105. The topological polar surface area (TPSA) is 59.8 Å². The molecule has 0 saturated heterocycles. The molecule has 0 aliphatic carbocycles. The molecule has 1 aromatic heterocycles. The molecule has 8 heteroatoms. The number of anilines is 1. The first kappa shape index (κ1) is 15.8. The van der Waals surface area contributed by atoms with Gasteiger partial charge in [-0.05, 0) is 32.0 Å². The summed E-state index contributed by atoms with van der Waals surface area (Å²) in [6, 6.07) is 4.11. The summed E-state index contributed by atoms with van der Waals surface area (Å²) < 4.78 is 15.5. The van der Waals surface area contributed by atoms with E-state index in [0.29, 0.717) is 5.16 Å². The van der Waals surface area contributed by atoms with E-state index in [1.54, 1.807) is 13.3 Å². The van der Waals surface area contributed by atoms with E-state index in [1.165, 1.54) is 23.9 Å². The molecule has 1 atom stereocenters. The number of nitrogens with zero attached hydrogens (tertiary/aromatic N) is 3. The van der Waals surface area contributed by atoms with E-state index in [2.05, 4.69) is 15.5 Å². The molecule has 0 bridgehead atoms. The quantitative estimate of drug-likeness (QED) is 0.856. The van der Waals surface area contributed by atoms with Gasteiger partial charge in [-0.25, -0.2) is 4.39 Å². The lowest BCUT2D eigenvalue weighted by Crippen LogP contribution is -2.23. The zero-order valence-corrected chi connectivity index (χ0v) is 13.1. The smallest absolute Gasteiger partial charge is 0.237 e. The number of carbonyl (C=O) groups is 1. The number of hydrogen-bond donors (Lipinski definition) is 1. The minimum Gasteiger partial charge on any atom is -0.323 e. The Hall–Kier alpha value is -1.60. The molecule has 0 radical (unpaired) electrons. The van der Waals surface area contributed by atoms with E-state index >= 15 is 0 Å². The molecule has 2 aromatic rings. The normalized spacial score (nSPS) is 12.2. The standard InChI is InChI=1S/C13H14ClFN4OS/c1-3-19-7-16-18-13(19)21-8(2)12(20)17-11-5-4-9(14)6-10(11)15/h4-8H,3H2,1-2H3,(H,17,20)/t8-/m1/s1. The molecule has 1 amide bonds. The maximum absolute atomic E-state index is 13.6. The number of amides is 1. The SMILES string of the molecule is CCn1cnnc1S[C@H](C)C(=O)Nc1ccc(Cl)cc1F. The molecule has 0 unspecified atom stereocenters. The minimum atomic E-state index is -0.565. The first-order chi connectivity index (χ1) is 10.0. The maximum atomic E-state index is 13.6. The summed E-state index contributed by atoms with van der Waals surface area (Å²) in [6.07, 6.45) is 1.60. The molecule has 1 heterocycles. The Kier molecular flexibility index (Phi) is 5.19. The highest BCUT2D eigenvalue weighted by molar-refractivity contribution is 8.00. The van der Waals surface area contributed by atoms with Crippen LogP contribution in [0.5, 0.6) is 0 Å². The molecule has 0 aliphatic rings. The van der Waals surface area contributed by atoms with Crippen LogP contribution in [0.1, 0.15) is 13.8 Å². The summed E-state index contributed by atoms with van der Waals surface area (Å²) in [5, 5.41) is 10.8. The van der Waals surface area contributed by atoms with Crippen molar-refractivity contribution in [2.75, 3.05) is 5.32 Å². The van der Waals surface area contributed by atoms with Gasteiger partial charge < -0.3 is 9.88 Å². The Morgan fingerprint density at radius 3 is 3.00 bits per heavy atom. The Morgan fingerprint density at radius 2 is 2.33 bits per heavy atom. The molecule has 0 fully saturated rings. The van der Waals surface area contributed by atoms with E-state index in [-0.39, 0.29) is 16.6 Å². The molecule has 2 rings (SSSR count). The highest BCUT2D eigenvalue weighted by Crippen LogP contribution is 2.24. The van der Waals surface area contributed by atoms with Crippen molar-refractivity contribution in [2.24, 2.45) is 0 Å². The van der Waals surface area contributed by atoms with Crippen LogP contribution in [0.3, 0.4) is 0 Å². The lowest BCUT2D eigenvalue weighted by Gasteiger charge is -2.12. The van der Waals surface area contributed by atoms with Crippen molar-refractivity contribution < 1.29 is 9.18 Å². The molecular weight excluding hydrogens is 315 g/mol. The number of carbonyl (C=O) groups excluding carboxylic acids is 1. The van der Waals surface area contributed by atoms with Gasteiger partial charge in [0.15, 0.2) is 5.16 Å².